The van der Waals surface area contributed by atoms with E-state index >= 15 is 0 Å². The number of nitrogens with one attached hydrogen (secondary N) is 1. The van der Waals surface area contributed by atoms with Gasteiger partial charge in [0.15, 0.2) is 0 Å². The molecular formula is C14H21BrN2O. The van der Waals surface area contributed by atoms with Crippen LogP contribution in [0.4, 0.5) is 5.69 Å². The Morgan fingerprint density at radius 1 is 1.44 bits per heavy atom. The molecule has 0 bridgehead atoms. The molecule has 0 aliphatic carbocycles. The van der Waals surface area contributed by atoms with Crippen LogP contribution in [-0.4, -0.2) is 11.4 Å². The molecular weight excluding hydrogens is 292 g/mol. The van der Waals surface area contributed by atoms with Crippen molar-refractivity contribution in [2.24, 2.45) is 5.73 Å². The molecule has 0 heterocycles. The van der Waals surface area contributed by atoms with Crippen LogP contribution in [0.3, 0.4) is 0 Å². The molecule has 0 aliphatic heterocycles. The number of nitrogens with two attached hydrogens (primary N) is 1. The quantitative estimate of drug-likeness (QED) is 0.874. The first kappa shape index (κ1) is 15.2. The molecule has 1 amide bonds. The molecule has 1 aromatic rings. The predicted molar refractivity (Wildman–Crippen MR) is 79.7 cm³/mol. The topological polar surface area (TPSA) is 55.1 Å². The molecule has 0 saturated heterocycles. The lowest BCUT2D eigenvalue weighted by Gasteiger charge is -2.23. The van der Waals surface area contributed by atoms with Crippen molar-refractivity contribution in [3.05, 3.63) is 28.2 Å². The van der Waals surface area contributed by atoms with E-state index in [4.69, 9.17) is 5.73 Å². The SMILES string of the molecule is CCCC(C)(N)C(=O)Nc1ccc(Br)cc1CC. The van der Waals surface area contributed by atoms with Gasteiger partial charge in [0, 0.05) is 10.2 Å². The summed E-state index contributed by atoms with van der Waals surface area (Å²) in [6.45, 7) is 5.86. The van der Waals surface area contributed by atoms with Crippen molar-refractivity contribution >= 4 is 27.5 Å². The van der Waals surface area contributed by atoms with Crippen molar-refractivity contribution in [1.29, 1.82) is 0 Å². The summed E-state index contributed by atoms with van der Waals surface area (Å²) < 4.78 is 1.02. The zero-order valence-corrected chi connectivity index (χ0v) is 12.8. The summed E-state index contributed by atoms with van der Waals surface area (Å²) in [5, 5.41) is 2.93. The molecule has 3 N–H and O–H groups in total. The van der Waals surface area contributed by atoms with Crippen LogP contribution in [0.1, 0.15) is 39.2 Å². The Morgan fingerprint density at radius 3 is 2.67 bits per heavy atom. The van der Waals surface area contributed by atoms with E-state index in [-0.39, 0.29) is 5.91 Å². The highest BCUT2D eigenvalue weighted by molar-refractivity contribution is 9.10. The van der Waals surface area contributed by atoms with Crippen LogP contribution in [0.25, 0.3) is 0 Å². The predicted octanol–water partition coefficient (Wildman–Crippen LogP) is 3.47. The van der Waals surface area contributed by atoms with E-state index in [0.29, 0.717) is 6.42 Å². The van der Waals surface area contributed by atoms with E-state index in [0.717, 1.165) is 28.6 Å². The van der Waals surface area contributed by atoms with Crippen LogP contribution < -0.4 is 11.1 Å². The average molecular weight is 313 g/mol. The first-order valence-electron chi connectivity index (χ1n) is 6.29. The summed E-state index contributed by atoms with van der Waals surface area (Å²) in [4.78, 5) is 12.1. The molecule has 0 aromatic heterocycles. The van der Waals surface area contributed by atoms with Gasteiger partial charge in [0.2, 0.25) is 5.91 Å². The van der Waals surface area contributed by atoms with E-state index in [2.05, 4.69) is 28.2 Å². The van der Waals surface area contributed by atoms with Gasteiger partial charge in [-0.25, -0.2) is 0 Å². The van der Waals surface area contributed by atoms with Crippen molar-refractivity contribution in [3.63, 3.8) is 0 Å². The smallest absolute Gasteiger partial charge is 0.244 e. The third kappa shape index (κ3) is 3.82. The molecule has 3 nitrogen and oxygen atoms in total. The number of aryl methyl sites for hydroxylation is 1. The minimum absolute atomic E-state index is 0.124. The standard InChI is InChI=1S/C14H21BrN2O/c1-4-8-14(3,16)13(18)17-12-7-6-11(15)9-10(12)5-2/h6-7,9H,4-5,8,16H2,1-3H3,(H,17,18). The number of rotatable bonds is 5. The summed E-state index contributed by atoms with van der Waals surface area (Å²) in [6.07, 6.45) is 2.43. The highest BCUT2D eigenvalue weighted by atomic mass is 79.9. The van der Waals surface area contributed by atoms with Gasteiger partial charge in [0.05, 0.1) is 5.54 Å². The van der Waals surface area contributed by atoms with Crippen molar-refractivity contribution in [2.75, 3.05) is 5.32 Å². The fourth-order valence-corrected chi connectivity index (χ4v) is 2.28. The van der Waals surface area contributed by atoms with Crippen molar-refractivity contribution in [1.82, 2.24) is 0 Å². The first-order chi connectivity index (χ1) is 8.40. The number of anilines is 1. The highest BCUT2D eigenvalue weighted by Crippen LogP contribution is 2.23. The van der Waals surface area contributed by atoms with Gasteiger partial charge < -0.3 is 11.1 Å². The van der Waals surface area contributed by atoms with Crippen LogP contribution in [0, 0.1) is 0 Å². The molecule has 4 heteroatoms. The number of carbonyl (C=O) groups excluding carboxylic acids is 1. The zero-order valence-electron chi connectivity index (χ0n) is 11.2. The van der Waals surface area contributed by atoms with Gasteiger partial charge in [-0.2, -0.15) is 0 Å². The maximum atomic E-state index is 12.1. The highest BCUT2D eigenvalue weighted by Gasteiger charge is 2.27. The van der Waals surface area contributed by atoms with Gasteiger partial charge in [0.1, 0.15) is 0 Å². The summed E-state index contributed by atoms with van der Waals surface area (Å²) in [5.41, 5.74) is 7.15. The lowest BCUT2D eigenvalue weighted by molar-refractivity contribution is -0.120. The molecule has 0 saturated carbocycles. The number of carbonyl (C=O) groups is 1. The maximum absolute atomic E-state index is 12.1. The first-order valence-corrected chi connectivity index (χ1v) is 7.08. The Kier molecular flexibility index (Phi) is 5.35. The van der Waals surface area contributed by atoms with Gasteiger partial charge in [-0.3, -0.25) is 4.79 Å². The summed E-state index contributed by atoms with van der Waals surface area (Å²) >= 11 is 3.43. The normalized spacial score (nSPS) is 14.1. The minimum atomic E-state index is -0.813. The van der Waals surface area contributed by atoms with Crippen LogP contribution in [0.2, 0.25) is 0 Å². The number of halogens is 1. The molecule has 1 atom stereocenters. The van der Waals surface area contributed by atoms with Crippen LogP contribution in [0.5, 0.6) is 0 Å². The van der Waals surface area contributed by atoms with Crippen molar-refractivity contribution < 1.29 is 4.79 Å². The van der Waals surface area contributed by atoms with E-state index in [1.165, 1.54) is 0 Å². The molecule has 1 unspecified atom stereocenters. The fourth-order valence-electron chi connectivity index (χ4n) is 1.87. The van der Waals surface area contributed by atoms with Gasteiger partial charge in [-0.1, -0.05) is 36.2 Å². The number of benzene rings is 1. The second kappa shape index (κ2) is 6.34. The van der Waals surface area contributed by atoms with E-state index < -0.39 is 5.54 Å². The van der Waals surface area contributed by atoms with Crippen molar-refractivity contribution in [2.45, 2.75) is 45.6 Å². The zero-order chi connectivity index (χ0) is 13.8. The van der Waals surface area contributed by atoms with Gasteiger partial charge in [0.25, 0.3) is 0 Å². The van der Waals surface area contributed by atoms with E-state index in [1.54, 1.807) is 6.92 Å². The number of hydrogen-bond acceptors (Lipinski definition) is 2. The van der Waals surface area contributed by atoms with Gasteiger partial charge in [-0.15, -0.1) is 0 Å². The second-order valence-corrected chi connectivity index (χ2v) is 5.69. The molecule has 0 spiro atoms. The Morgan fingerprint density at radius 2 is 2.11 bits per heavy atom. The minimum Gasteiger partial charge on any atom is -0.324 e. The summed E-state index contributed by atoms with van der Waals surface area (Å²) in [7, 11) is 0. The average Bonchev–Trinajstić information content (AvgIpc) is 2.31. The summed E-state index contributed by atoms with van der Waals surface area (Å²) in [6, 6.07) is 5.84. The number of hydrogen-bond donors (Lipinski definition) is 2. The molecule has 1 rings (SSSR count). The second-order valence-electron chi connectivity index (χ2n) is 4.78. The van der Waals surface area contributed by atoms with Crippen molar-refractivity contribution in [3.8, 4) is 0 Å². The largest absolute Gasteiger partial charge is 0.324 e. The Balaban J connectivity index is 2.88. The van der Waals surface area contributed by atoms with Gasteiger partial charge >= 0.3 is 0 Å². The molecule has 0 aliphatic rings. The Hall–Kier alpha value is -0.870. The fraction of sp³-hybridized carbons (Fsp3) is 0.500. The van der Waals surface area contributed by atoms with Crippen LogP contribution in [-0.2, 0) is 11.2 Å². The Bertz CT molecular complexity index is 430. The van der Waals surface area contributed by atoms with Crippen LogP contribution >= 0.6 is 15.9 Å². The lowest BCUT2D eigenvalue weighted by Crippen LogP contribution is -2.48. The molecule has 18 heavy (non-hydrogen) atoms. The summed E-state index contributed by atoms with van der Waals surface area (Å²) in [5.74, 6) is -0.124. The third-order valence-electron chi connectivity index (χ3n) is 2.98. The molecule has 0 radical (unpaired) electrons. The molecule has 100 valence electrons. The van der Waals surface area contributed by atoms with E-state index in [9.17, 15) is 4.79 Å². The number of amides is 1. The Labute approximate surface area is 117 Å². The van der Waals surface area contributed by atoms with Gasteiger partial charge in [-0.05, 0) is 43.5 Å². The maximum Gasteiger partial charge on any atom is 0.244 e. The molecule has 1 aromatic carbocycles. The lowest BCUT2D eigenvalue weighted by atomic mass is 9.96. The monoisotopic (exact) mass is 312 g/mol. The molecule has 0 fully saturated rings. The van der Waals surface area contributed by atoms with E-state index in [1.807, 2.05) is 25.1 Å². The third-order valence-corrected chi connectivity index (χ3v) is 3.48. The van der Waals surface area contributed by atoms with Crippen LogP contribution in [0.15, 0.2) is 22.7 Å².